The third kappa shape index (κ3) is 14.8. The van der Waals surface area contributed by atoms with Crippen molar-refractivity contribution in [3.05, 3.63) is 0 Å². The molecule has 0 aliphatic carbocycles. The Morgan fingerprint density at radius 3 is 2.29 bits per heavy atom. The van der Waals surface area contributed by atoms with Crippen LogP contribution in [0.15, 0.2) is 0 Å². The second-order valence-electron chi connectivity index (χ2n) is 5.85. The number of nitrogens with zero attached hydrogens (tertiary/aromatic N) is 1. The molecule has 0 aliphatic rings. The van der Waals surface area contributed by atoms with E-state index in [1.807, 2.05) is 0 Å². The standard InChI is InChI=1S/C15H27F3NO8P/c1-4-6-14(21)27-12(9-24-13(20)7-8-15(16,17)18)10-25-28(22,23)26-11-19(3)5-2/h12H,4-11H2,1-3H3,(H,22,23). The molecule has 2 unspecified atom stereocenters. The molecule has 0 bridgehead atoms. The van der Waals surface area contributed by atoms with Crippen LogP contribution in [0.2, 0.25) is 0 Å². The highest BCUT2D eigenvalue weighted by Crippen LogP contribution is 2.43. The molecule has 0 aromatic carbocycles. The molecule has 28 heavy (non-hydrogen) atoms. The van der Waals surface area contributed by atoms with Gasteiger partial charge in [-0.15, -0.1) is 0 Å². The fourth-order valence-corrected chi connectivity index (χ4v) is 2.32. The van der Waals surface area contributed by atoms with Crippen molar-refractivity contribution in [3.8, 4) is 0 Å². The van der Waals surface area contributed by atoms with E-state index in [9.17, 15) is 32.2 Å². The molecule has 0 amide bonds. The van der Waals surface area contributed by atoms with Crippen molar-refractivity contribution in [1.82, 2.24) is 4.90 Å². The lowest BCUT2D eigenvalue weighted by atomic mass is 10.3. The zero-order valence-corrected chi connectivity index (χ0v) is 17.0. The molecule has 166 valence electrons. The van der Waals surface area contributed by atoms with Gasteiger partial charge >= 0.3 is 25.9 Å². The van der Waals surface area contributed by atoms with Gasteiger partial charge in [-0.3, -0.25) is 23.5 Å². The van der Waals surface area contributed by atoms with Crippen LogP contribution < -0.4 is 0 Å². The number of esters is 2. The quantitative estimate of drug-likeness (QED) is 0.249. The number of carbonyl (C=O) groups excluding carboxylic acids is 2. The minimum atomic E-state index is -4.51. The Balaban J connectivity index is 4.64. The Labute approximate surface area is 161 Å². The molecule has 0 fully saturated rings. The molecule has 0 aromatic rings. The predicted octanol–water partition coefficient (Wildman–Crippen LogP) is 2.63. The van der Waals surface area contributed by atoms with Gasteiger partial charge < -0.3 is 14.4 Å². The summed E-state index contributed by atoms with van der Waals surface area (Å²) in [5, 5.41) is 0. The largest absolute Gasteiger partial charge is 0.473 e. The van der Waals surface area contributed by atoms with Gasteiger partial charge in [0, 0.05) is 6.42 Å². The summed E-state index contributed by atoms with van der Waals surface area (Å²) in [4.78, 5) is 34.2. The van der Waals surface area contributed by atoms with E-state index in [4.69, 9.17) is 13.8 Å². The monoisotopic (exact) mass is 437 g/mol. The van der Waals surface area contributed by atoms with Gasteiger partial charge in [0.1, 0.15) is 13.3 Å². The maximum absolute atomic E-state index is 12.1. The Bertz CT molecular complexity index is 532. The van der Waals surface area contributed by atoms with Crippen molar-refractivity contribution in [3.63, 3.8) is 0 Å². The van der Waals surface area contributed by atoms with Gasteiger partial charge in [-0.1, -0.05) is 13.8 Å². The zero-order valence-electron chi connectivity index (χ0n) is 16.1. The Kier molecular flexibility index (Phi) is 12.5. The van der Waals surface area contributed by atoms with Gasteiger partial charge in [-0.05, 0) is 20.0 Å². The Morgan fingerprint density at radius 1 is 1.11 bits per heavy atom. The Morgan fingerprint density at radius 2 is 1.75 bits per heavy atom. The molecule has 0 spiro atoms. The van der Waals surface area contributed by atoms with E-state index >= 15 is 0 Å². The first-order chi connectivity index (χ1) is 12.9. The summed E-state index contributed by atoms with van der Waals surface area (Å²) in [5.41, 5.74) is 0. The molecule has 2 atom stereocenters. The molecule has 0 aliphatic heterocycles. The summed E-state index contributed by atoms with van der Waals surface area (Å²) in [5.74, 6) is -1.83. The van der Waals surface area contributed by atoms with Crippen LogP contribution in [0, 0.1) is 0 Å². The van der Waals surface area contributed by atoms with E-state index < -0.39 is 58.1 Å². The van der Waals surface area contributed by atoms with E-state index in [0.29, 0.717) is 13.0 Å². The molecule has 1 N–H and O–H groups in total. The molecular weight excluding hydrogens is 410 g/mol. The van der Waals surface area contributed by atoms with E-state index in [-0.39, 0.29) is 13.2 Å². The average Bonchev–Trinajstić information content (AvgIpc) is 2.59. The molecule has 0 heterocycles. The van der Waals surface area contributed by atoms with Gasteiger partial charge in [0.15, 0.2) is 6.10 Å². The highest BCUT2D eigenvalue weighted by Gasteiger charge is 2.29. The number of ether oxygens (including phenoxy) is 2. The number of phosphoric ester groups is 1. The second kappa shape index (κ2) is 13.1. The summed E-state index contributed by atoms with van der Waals surface area (Å²) in [6.45, 7) is 2.58. The third-order valence-electron chi connectivity index (χ3n) is 3.20. The second-order valence-corrected chi connectivity index (χ2v) is 7.31. The smallest absolute Gasteiger partial charge is 0.462 e. The molecule has 0 aromatic heterocycles. The summed E-state index contributed by atoms with van der Waals surface area (Å²) >= 11 is 0. The number of hydrogen-bond acceptors (Lipinski definition) is 8. The SMILES string of the molecule is CCCC(=O)OC(COC(=O)CCC(F)(F)F)COP(=O)(O)OCN(C)CC. The van der Waals surface area contributed by atoms with E-state index in [0.717, 1.165) is 0 Å². The van der Waals surface area contributed by atoms with Gasteiger partial charge in [-0.25, -0.2) is 4.57 Å². The van der Waals surface area contributed by atoms with Crippen molar-refractivity contribution in [2.24, 2.45) is 0 Å². The molecule has 0 saturated carbocycles. The average molecular weight is 437 g/mol. The van der Waals surface area contributed by atoms with Crippen molar-refractivity contribution < 1.29 is 50.7 Å². The Hall–Kier alpha value is -1.20. The number of rotatable bonds is 14. The highest BCUT2D eigenvalue weighted by molar-refractivity contribution is 7.47. The van der Waals surface area contributed by atoms with Gasteiger partial charge in [0.25, 0.3) is 0 Å². The lowest BCUT2D eigenvalue weighted by Gasteiger charge is -2.21. The van der Waals surface area contributed by atoms with Crippen LogP contribution in [0.4, 0.5) is 13.2 Å². The summed E-state index contributed by atoms with van der Waals surface area (Å²) in [6, 6.07) is 0. The number of hydrogen-bond donors (Lipinski definition) is 1. The number of halogens is 3. The minimum Gasteiger partial charge on any atom is -0.462 e. The van der Waals surface area contributed by atoms with Gasteiger partial charge in [0.05, 0.1) is 19.4 Å². The fraction of sp³-hybridized carbons (Fsp3) is 0.867. The summed E-state index contributed by atoms with van der Waals surface area (Å²) in [6.07, 6.45) is -7.54. The van der Waals surface area contributed by atoms with Crippen molar-refractivity contribution >= 4 is 19.8 Å². The topological polar surface area (TPSA) is 112 Å². The van der Waals surface area contributed by atoms with Crippen LogP contribution in [0.3, 0.4) is 0 Å². The van der Waals surface area contributed by atoms with Crippen LogP contribution in [0.5, 0.6) is 0 Å². The van der Waals surface area contributed by atoms with Crippen molar-refractivity contribution in [2.45, 2.75) is 51.8 Å². The first kappa shape index (κ1) is 26.8. The number of carbonyl (C=O) groups is 2. The summed E-state index contributed by atoms with van der Waals surface area (Å²) in [7, 11) is -2.84. The van der Waals surface area contributed by atoms with Crippen molar-refractivity contribution in [2.75, 3.05) is 33.5 Å². The van der Waals surface area contributed by atoms with E-state index in [2.05, 4.69) is 4.74 Å². The number of phosphoric acid groups is 1. The lowest BCUT2D eigenvalue weighted by Crippen LogP contribution is -2.30. The molecule has 13 heteroatoms. The van der Waals surface area contributed by atoms with Gasteiger partial charge in [-0.2, -0.15) is 13.2 Å². The van der Waals surface area contributed by atoms with Crippen LogP contribution in [0.25, 0.3) is 0 Å². The molecule has 9 nitrogen and oxygen atoms in total. The van der Waals surface area contributed by atoms with Crippen LogP contribution in [-0.2, 0) is 32.7 Å². The minimum absolute atomic E-state index is 0.0348. The highest BCUT2D eigenvalue weighted by atomic mass is 31.2. The van der Waals surface area contributed by atoms with E-state index in [1.54, 1.807) is 25.8 Å². The van der Waals surface area contributed by atoms with Crippen LogP contribution in [0.1, 0.15) is 39.5 Å². The van der Waals surface area contributed by atoms with Crippen LogP contribution >= 0.6 is 7.82 Å². The maximum atomic E-state index is 12.1. The van der Waals surface area contributed by atoms with Crippen molar-refractivity contribution in [1.29, 1.82) is 0 Å². The first-order valence-electron chi connectivity index (χ1n) is 8.60. The predicted molar refractivity (Wildman–Crippen MR) is 91.1 cm³/mol. The van der Waals surface area contributed by atoms with Gasteiger partial charge in [0.2, 0.25) is 0 Å². The molecule has 0 rings (SSSR count). The zero-order chi connectivity index (χ0) is 21.8. The third-order valence-corrected chi connectivity index (χ3v) is 4.12. The fourth-order valence-electron chi connectivity index (χ4n) is 1.54. The molecular formula is C15H27F3NO8P. The molecule has 0 saturated heterocycles. The summed E-state index contributed by atoms with van der Waals surface area (Å²) < 4.78 is 67.2. The lowest BCUT2D eigenvalue weighted by molar-refractivity contribution is -0.165. The number of alkyl halides is 3. The van der Waals surface area contributed by atoms with Crippen LogP contribution in [-0.4, -0.2) is 67.5 Å². The maximum Gasteiger partial charge on any atom is 0.473 e. The normalized spacial score (nSPS) is 15.1. The first-order valence-corrected chi connectivity index (χ1v) is 10.1. The molecule has 0 radical (unpaired) electrons. The van der Waals surface area contributed by atoms with E-state index in [1.165, 1.54) is 0 Å².